The van der Waals surface area contributed by atoms with Crippen LogP contribution in [0.1, 0.15) is 25.1 Å². The molecule has 2 N–H and O–H groups in total. The van der Waals surface area contributed by atoms with Crippen LogP contribution in [0.25, 0.3) is 0 Å². The number of nitrogens with zero attached hydrogens (tertiary/aromatic N) is 2. The van der Waals surface area contributed by atoms with Crippen LogP contribution in [0.15, 0.2) is 18.3 Å². The number of halogens is 4. The molecule has 0 aliphatic heterocycles. The van der Waals surface area contributed by atoms with Crippen LogP contribution < -0.4 is 5.73 Å². The Morgan fingerprint density at radius 1 is 1.37 bits per heavy atom. The molecule has 19 heavy (non-hydrogen) atoms. The molecule has 1 aromatic heterocycles. The van der Waals surface area contributed by atoms with E-state index in [9.17, 15) is 17.6 Å². The fraction of sp³-hybridized carbons (Fsp3) is 0.583. The fourth-order valence-electron chi connectivity index (χ4n) is 1.68. The van der Waals surface area contributed by atoms with E-state index in [1.54, 1.807) is 6.92 Å². The van der Waals surface area contributed by atoms with E-state index >= 15 is 0 Å². The molecule has 0 fully saturated rings. The number of hydrogen-bond acceptors (Lipinski definition) is 3. The van der Waals surface area contributed by atoms with Gasteiger partial charge in [-0.1, -0.05) is 6.92 Å². The Morgan fingerprint density at radius 2 is 2.05 bits per heavy atom. The Balaban J connectivity index is 2.48. The molecule has 0 amide bonds. The van der Waals surface area contributed by atoms with Crippen LogP contribution in [-0.2, 0) is 0 Å². The molecule has 0 radical (unpaired) electrons. The summed E-state index contributed by atoms with van der Waals surface area (Å²) in [6.45, 7) is 1.22. The lowest BCUT2D eigenvalue weighted by molar-refractivity contribution is -0.145. The fourth-order valence-corrected chi connectivity index (χ4v) is 1.68. The molecule has 1 aromatic rings. The molecule has 0 bridgehead atoms. The Morgan fingerprint density at radius 3 is 2.53 bits per heavy atom. The molecule has 1 atom stereocenters. The number of pyridine rings is 1. The lowest BCUT2D eigenvalue weighted by Crippen LogP contribution is -2.36. The highest BCUT2D eigenvalue weighted by molar-refractivity contribution is 5.09. The predicted octanol–water partition coefficient (Wildman–Crippen LogP) is 2.49. The first-order chi connectivity index (χ1) is 8.81. The molecule has 1 rings (SSSR count). The average Bonchev–Trinajstić information content (AvgIpc) is 2.33. The minimum Gasteiger partial charge on any atom is -0.323 e. The van der Waals surface area contributed by atoms with E-state index < -0.39 is 24.6 Å². The zero-order valence-corrected chi connectivity index (χ0v) is 10.6. The molecule has 0 aliphatic carbocycles. The smallest absolute Gasteiger partial charge is 0.323 e. The minimum atomic E-state index is -4.21. The van der Waals surface area contributed by atoms with Crippen molar-refractivity contribution in [1.29, 1.82) is 0 Å². The van der Waals surface area contributed by atoms with Gasteiger partial charge in [0.1, 0.15) is 5.82 Å². The van der Waals surface area contributed by atoms with E-state index in [0.29, 0.717) is 18.7 Å². The van der Waals surface area contributed by atoms with E-state index in [-0.39, 0.29) is 6.54 Å². The second-order valence-electron chi connectivity index (χ2n) is 4.28. The SMILES string of the molecule is CCN(CCC(N)c1ccc(F)cn1)CC(F)(F)F. The summed E-state index contributed by atoms with van der Waals surface area (Å²) in [7, 11) is 0. The van der Waals surface area contributed by atoms with Crippen molar-refractivity contribution in [2.45, 2.75) is 25.6 Å². The molecular formula is C12H17F4N3. The van der Waals surface area contributed by atoms with Gasteiger partial charge in [-0.2, -0.15) is 13.2 Å². The second kappa shape index (κ2) is 6.81. The highest BCUT2D eigenvalue weighted by Crippen LogP contribution is 2.18. The summed E-state index contributed by atoms with van der Waals surface area (Å²) in [6.07, 6.45) is -2.83. The summed E-state index contributed by atoms with van der Waals surface area (Å²) in [4.78, 5) is 5.08. The van der Waals surface area contributed by atoms with Crippen LogP contribution in [0.3, 0.4) is 0 Å². The maximum Gasteiger partial charge on any atom is 0.401 e. The van der Waals surface area contributed by atoms with Gasteiger partial charge in [0.05, 0.1) is 18.4 Å². The summed E-state index contributed by atoms with van der Waals surface area (Å²) in [6, 6.07) is 2.18. The van der Waals surface area contributed by atoms with Gasteiger partial charge in [0.2, 0.25) is 0 Å². The zero-order valence-electron chi connectivity index (χ0n) is 10.6. The summed E-state index contributed by atoms with van der Waals surface area (Å²) in [5, 5.41) is 0. The second-order valence-corrected chi connectivity index (χ2v) is 4.28. The van der Waals surface area contributed by atoms with Crippen LogP contribution in [0.2, 0.25) is 0 Å². The molecule has 0 aromatic carbocycles. The standard InChI is InChI=1S/C12H17F4N3/c1-2-19(8-12(14,15)16)6-5-10(17)11-4-3-9(13)7-18-11/h3-4,7,10H,2,5-6,8,17H2,1H3. The van der Waals surface area contributed by atoms with E-state index in [2.05, 4.69) is 4.98 Å². The van der Waals surface area contributed by atoms with Gasteiger partial charge in [0.25, 0.3) is 0 Å². The normalized spacial score (nSPS) is 13.8. The topological polar surface area (TPSA) is 42.1 Å². The van der Waals surface area contributed by atoms with Gasteiger partial charge in [-0.05, 0) is 25.1 Å². The summed E-state index contributed by atoms with van der Waals surface area (Å²) in [5.74, 6) is -0.469. The number of alkyl halides is 3. The van der Waals surface area contributed by atoms with Crippen molar-refractivity contribution in [3.63, 3.8) is 0 Å². The maximum atomic E-state index is 12.7. The van der Waals surface area contributed by atoms with Crippen LogP contribution in [0.5, 0.6) is 0 Å². The molecule has 0 aliphatic rings. The van der Waals surface area contributed by atoms with Crippen LogP contribution in [0.4, 0.5) is 17.6 Å². The minimum absolute atomic E-state index is 0.218. The van der Waals surface area contributed by atoms with Gasteiger partial charge in [0.15, 0.2) is 0 Å². The third kappa shape index (κ3) is 5.98. The van der Waals surface area contributed by atoms with E-state index in [1.165, 1.54) is 17.0 Å². The lowest BCUT2D eigenvalue weighted by Gasteiger charge is -2.23. The van der Waals surface area contributed by atoms with Crippen molar-refractivity contribution in [3.8, 4) is 0 Å². The van der Waals surface area contributed by atoms with Crippen molar-refractivity contribution in [2.24, 2.45) is 5.73 Å². The van der Waals surface area contributed by atoms with Crippen molar-refractivity contribution >= 4 is 0 Å². The highest BCUT2D eigenvalue weighted by Gasteiger charge is 2.30. The van der Waals surface area contributed by atoms with Crippen LogP contribution >= 0.6 is 0 Å². The molecule has 0 saturated heterocycles. The molecule has 3 nitrogen and oxygen atoms in total. The van der Waals surface area contributed by atoms with Gasteiger partial charge < -0.3 is 5.73 Å². The summed E-state index contributed by atoms with van der Waals surface area (Å²) >= 11 is 0. The zero-order chi connectivity index (χ0) is 14.5. The Hall–Kier alpha value is -1.21. The molecule has 1 unspecified atom stereocenters. The Kier molecular flexibility index (Phi) is 5.68. The third-order valence-electron chi connectivity index (χ3n) is 2.74. The van der Waals surface area contributed by atoms with Crippen molar-refractivity contribution < 1.29 is 17.6 Å². The quantitative estimate of drug-likeness (QED) is 0.813. The van der Waals surface area contributed by atoms with Gasteiger partial charge in [-0.25, -0.2) is 4.39 Å². The van der Waals surface area contributed by atoms with E-state index in [1.807, 2.05) is 0 Å². The first-order valence-corrected chi connectivity index (χ1v) is 5.98. The maximum absolute atomic E-state index is 12.7. The van der Waals surface area contributed by atoms with Gasteiger partial charge in [-0.15, -0.1) is 0 Å². The molecule has 108 valence electrons. The van der Waals surface area contributed by atoms with Crippen molar-refractivity contribution in [1.82, 2.24) is 9.88 Å². The third-order valence-corrected chi connectivity index (χ3v) is 2.74. The molecular weight excluding hydrogens is 262 g/mol. The van der Waals surface area contributed by atoms with Gasteiger partial charge in [-0.3, -0.25) is 9.88 Å². The molecule has 7 heteroatoms. The van der Waals surface area contributed by atoms with Crippen LogP contribution in [0, 0.1) is 5.82 Å². The average molecular weight is 279 g/mol. The monoisotopic (exact) mass is 279 g/mol. The molecule has 0 spiro atoms. The Labute approximate surface area is 109 Å². The number of aromatic nitrogens is 1. The number of rotatable bonds is 6. The lowest BCUT2D eigenvalue weighted by atomic mass is 10.1. The highest BCUT2D eigenvalue weighted by atomic mass is 19.4. The van der Waals surface area contributed by atoms with Crippen LogP contribution in [-0.4, -0.2) is 35.7 Å². The van der Waals surface area contributed by atoms with Gasteiger partial charge in [0, 0.05) is 12.6 Å². The summed E-state index contributed by atoms with van der Waals surface area (Å²) < 4.78 is 49.4. The first-order valence-electron chi connectivity index (χ1n) is 5.98. The summed E-state index contributed by atoms with van der Waals surface area (Å²) in [5.41, 5.74) is 6.30. The number of nitrogens with two attached hydrogens (primary N) is 1. The van der Waals surface area contributed by atoms with Crippen molar-refractivity contribution in [3.05, 3.63) is 29.8 Å². The van der Waals surface area contributed by atoms with E-state index in [4.69, 9.17) is 5.73 Å². The predicted molar refractivity (Wildman–Crippen MR) is 63.9 cm³/mol. The first kappa shape index (κ1) is 15.8. The molecule has 0 saturated carbocycles. The van der Waals surface area contributed by atoms with Gasteiger partial charge >= 0.3 is 6.18 Å². The number of hydrogen-bond donors (Lipinski definition) is 1. The molecule has 1 heterocycles. The van der Waals surface area contributed by atoms with Crippen molar-refractivity contribution in [2.75, 3.05) is 19.6 Å². The van der Waals surface area contributed by atoms with E-state index in [0.717, 1.165) is 6.20 Å². The largest absolute Gasteiger partial charge is 0.401 e. The Bertz CT molecular complexity index is 378.